The molecule has 0 aliphatic heterocycles. The standard InChI is InChI=1S/C24H25BFN3O4/c1-13-12-18(10-11-19(13)26)28-23(31)20-14(2)21(29(5)15(20)3)22(30)24(32)27-17-8-6-16(7-9-17)25(4)33/h6-12,33H,1-5H3,(H,27,32)(H,28,31). The highest BCUT2D eigenvalue weighted by atomic mass is 19.1. The normalized spacial score (nSPS) is 10.6. The van der Waals surface area contributed by atoms with Crippen molar-refractivity contribution in [2.45, 2.75) is 27.6 Å². The fraction of sp³-hybridized carbons (Fsp3) is 0.208. The summed E-state index contributed by atoms with van der Waals surface area (Å²) in [4.78, 5) is 38.5. The van der Waals surface area contributed by atoms with E-state index < -0.39 is 24.5 Å². The lowest BCUT2D eigenvalue weighted by molar-refractivity contribution is -0.112. The van der Waals surface area contributed by atoms with Crippen LogP contribution < -0.4 is 16.1 Å². The Balaban J connectivity index is 1.84. The Morgan fingerprint density at radius 1 is 0.970 bits per heavy atom. The number of hydrogen-bond donors (Lipinski definition) is 3. The summed E-state index contributed by atoms with van der Waals surface area (Å²) in [6.07, 6.45) is 0. The summed E-state index contributed by atoms with van der Waals surface area (Å²) in [5.74, 6) is -2.46. The third-order valence-electron chi connectivity index (χ3n) is 5.65. The van der Waals surface area contributed by atoms with Crippen molar-refractivity contribution >= 4 is 41.4 Å². The van der Waals surface area contributed by atoms with E-state index in [-0.39, 0.29) is 17.1 Å². The Hall–Kier alpha value is -3.72. The number of hydrogen-bond acceptors (Lipinski definition) is 4. The zero-order valence-corrected chi connectivity index (χ0v) is 19.1. The highest BCUT2D eigenvalue weighted by Gasteiger charge is 2.28. The van der Waals surface area contributed by atoms with Gasteiger partial charge >= 0.3 is 6.92 Å². The molecule has 3 aromatic rings. The van der Waals surface area contributed by atoms with Crippen molar-refractivity contribution in [2.75, 3.05) is 10.6 Å². The minimum atomic E-state index is -0.843. The summed E-state index contributed by atoms with van der Waals surface area (Å²) in [6, 6.07) is 10.7. The highest BCUT2D eigenvalue weighted by Crippen LogP contribution is 2.24. The van der Waals surface area contributed by atoms with Crippen molar-refractivity contribution in [3.8, 4) is 0 Å². The van der Waals surface area contributed by atoms with Crippen LogP contribution in [0.15, 0.2) is 42.5 Å². The topological polar surface area (TPSA) is 100 Å². The SMILES string of the molecule is CB(O)c1ccc(NC(=O)C(=O)c2c(C)c(C(=O)Nc3ccc(F)c(C)c3)c(C)n2C)cc1. The molecule has 0 saturated carbocycles. The summed E-state index contributed by atoms with van der Waals surface area (Å²) < 4.78 is 15.0. The average Bonchev–Trinajstić information content (AvgIpc) is 2.98. The van der Waals surface area contributed by atoms with Gasteiger partial charge in [0, 0.05) is 24.1 Å². The Morgan fingerprint density at radius 3 is 2.15 bits per heavy atom. The van der Waals surface area contributed by atoms with Crippen molar-refractivity contribution in [1.29, 1.82) is 0 Å². The third kappa shape index (κ3) is 4.88. The second-order valence-corrected chi connectivity index (χ2v) is 7.99. The molecule has 2 amide bonds. The quantitative estimate of drug-likeness (QED) is 0.306. The number of carbonyl (C=O) groups is 3. The maximum absolute atomic E-state index is 13.5. The molecule has 0 fully saturated rings. The van der Waals surface area contributed by atoms with E-state index in [0.717, 1.165) is 0 Å². The zero-order valence-electron chi connectivity index (χ0n) is 19.1. The lowest BCUT2D eigenvalue weighted by atomic mass is 9.64. The number of halogens is 1. The minimum Gasteiger partial charge on any atom is -0.447 e. The number of aromatic nitrogens is 1. The van der Waals surface area contributed by atoms with Crippen LogP contribution in [0.4, 0.5) is 15.8 Å². The molecular formula is C24H25BFN3O4. The lowest BCUT2D eigenvalue weighted by Gasteiger charge is -2.08. The van der Waals surface area contributed by atoms with Crippen LogP contribution in [0.2, 0.25) is 6.82 Å². The first kappa shape index (κ1) is 23.9. The van der Waals surface area contributed by atoms with Gasteiger partial charge in [0.1, 0.15) is 5.82 Å². The number of aryl methyl sites for hydroxylation is 1. The molecule has 0 spiro atoms. The fourth-order valence-corrected chi connectivity index (χ4v) is 3.69. The second kappa shape index (κ2) is 9.42. The molecule has 9 heteroatoms. The molecule has 0 atom stereocenters. The molecule has 0 radical (unpaired) electrons. The summed E-state index contributed by atoms with van der Waals surface area (Å²) in [6.45, 7) is 5.87. The van der Waals surface area contributed by atoms with E-state index >= 15 is 0 Å². The van der Waals surface area contributed by atoms with Crippen molar-refractivity contribution < 1.29 is 23.8 Å². The molecule has 1 heterocycles. The van der Waals surface area contributed by atoms with Gasteiger partial charge in [0.2, 0.25) is 0 Å². The van der Waals surface area contributed by atoms with Gasteiger partial charge in [-0.25, -0.2) is 4.39 Å². The molecule has 0 bridgehead atoms. The molecule has 2 aromatic carbocycles. The average molecular weight is 449 g/mol. The highest BCUT2D eigenvalue weighted by molar-refractivity contribution is 6.64. The van der Waals surface area contributed by atoms with Crippen LogP contribution in [0.3, 0.4) is 0 Å². The zero-order chi connectivity index (χ0) is 24.4. The monoisotopic (exact) mass is 449 g/mol. The molecule has 3 rings (SSSR count). The van der Waals surface area contributed by atoms with E-state index in [9.17, 15) is 23.8 Å². The molecule has 170 valence electrons. The molecular weight excluding hydrogens is 424 g/mol. The van der Waals surface area contributed by atoms with Gasteiger partial charge in [0.05, 0.1) is 11.3 Å². The summed E-state index contributed by atoms with van der Waals surface area (Å²) in [5.41, 5.74) is 3.17. The van der Waals surface area contributed by atoms with E-state index in [0.29, 0.717) is 33.7 Å². The number of nitrogens with one attached hydrogen (secondary N) is 2. The van der Waals surface area contributed by atoms with E-state index in [4.69, 9.17) is 0 Å². The molecule has 0 aliphatic rings. The van der Waals surface area contributed by atoms with Crippen molar-refractivity contribution in [3.05, 3.63) is 76.4 Å². The first-order chi connectivity index (χ1) is 15.5. The van der Waals surface area contributed by atoms with Crippen LogP contribution in [-0.4, -0.2) is 34.1 Å². The fourth-order valence-electron chi connectivity index (χ4n) is 3.69. The molecule has 33 heavy (non-hydrogen) atoms. The second-order valence-electron chi connectivity index (χ2n) is 7.99. The van der Waals surface area contributed by atoms with Crippen LogP contribution in [0.5, 0.6) is 0 Å². The number of carbonyl (C=O) groups excluding carboxylic acids is 3. The number of anilines is 2. The number of amides is 2. The Labute approximate surface area is 191 Å². The van der Waals surface area contributed by atoms with Crippen molar-refractivity contribution in [3.63, 3.8) is 0 Å². The van der Waals surface area contributed by atoms with Crippen LogP contribution in [0, 0.1) is 26.6 Å². The number of benzene rings is 2. The largest absolute Gasteiger partial charge is 0.447 e. The number of rotatable bonds is 6. The van der Waals surface area contributed by atoms with Gasteiger partial charge in [-0.15, -0.1) is 0 Å². The predicted octanol–water partition coefficient (Wildman–Crippen LogP) is 2.98. The predicted molar refractivity (Wildman–Crippen MR) is 127 cm³/mol. The summed E-state index contributed by atoms with van der Waals surface area (Å²) in [7, 11) is 1.61. The Kier molecular flexibility index (Phi) is 6.83. The van der Waals surface area contributed by atoms with E-state index in [1.54, 1.807) is 58.9 Å². The summed E-state index contributed by atoms with van der Waals surface area (Å²) >= 11 is 0. The Bertz CT molecular complexity index is 1250. The van der Waals surface area contributed by atoms with E-state index in [1.807, 2.05) is 0 Å². The maximum atomic E-state index is 13.5. The van der Waals surface area contributed by atoms with Gasteiger partial charge in [0.15, 0.2) is 0 Å². The van der Waals surface area contributed by atoms with Gasteiger partial charge in [-0.3, -0.25) is 14.4 Å². The van der Waals surface area contributed by atoms with Gasteiger partial charge < -0.3 is 20.2 Å². The Morgan fingerprint density at radius 2 is 1.58 bits per heavy atom. The lowest BCUT2D eigenvalue weighted by Crippen LogP contribution is -2.27. The van der Waals surface area contributed by atoms with Crippen LogP contribution >= 0.6 is 0 Å². The van der Waals surface area contributed by atoms with Crippen LogP contribution in [0.25, 0.3) is 0 Å². The van der Waals surface area contributed by atoms with Crippen molar-refractivity contribution in [1.82, 2.24) is 4.57 Å². The van der Waals surface area contributed by atoms with Crippen LogP contribution in [-0.2, 0) is 11.8 Å². The first-order valence-electron chi connectivity index (χ1n) is 10.4. The molecule has 0 saturated heterocycles. The number of ketones is 1. The molecule has 1 aromatic heterocycles. The smallest absolute Gasteiger partial charge is 0.320 e. The van der Waals surface area contributed by atoms with Gasteiger partial charge in [-0.1, -0.05) is 19.0 Å². The first-order valence-corrected chi connectivity index (χ1v) is 10.4. The number of nitrogens with zero attached hydrogens (tertiary/aromatic N) is 1. The molecule has 0 aliphatic carbocycles. The van der Waals surface area contributed by atoms with Crippen LogP contribution in [0.1, 0.15) is 37.7 Å². The maximum Gasteiger partial charge on any atom is 0.320 e. The summed E-state index contributed by atoms with van der Waals surface area (Å²) in [5, 5.41) is 14.9. The van der Waals surface area contributed by atoms with Crippen molar-refractivity contribution in [2.24, 2.45) is 7.05 Å². The van der Waals surface area contributed by atoms with E-state index in [1.165, 1.54) is 22.8 Å². The van der Waals surface area contributed by atoms with Gasteiger partial charge in [-0.05, 0) is 67.7 Å². The molecule has 0 unspecified atom stereocenters. The van der Waals surface area contributed by atoms with E-state index in [2.05, 4.69) is 10.6 Å². The van der Waals surface area contributed by atoms with Gasteiger partial charge in [-0.2, -0.15) is 0 Å². The minimum absolute atomic E-state index is 0.103. The molecule has 3 N–H and O–H groups in total. The third-order valence-corrected chi connectivity index (χ3v) is 5.65. The number of Topliss-reactive ketones (excluding diaryl/α,β-unsaturated/α-hetero) is 1. The van der Waals surface area contributed by atoms with Gasteiger partial charge in [0.25, 0.3) is 17.6 Å². The molecule has 7 nitrogen and oxygen atoms in total.